The molecule has 4 rings (SSSR count). The third-order valence-corrected chi connectivity index (χ3v) is 4.69. The number of hydrogen-bond donors (Lipinski definition) is 0. The molecule has 0 aliphatic carbocycles. The Labute approximate surface area is 142 Å². The fraction of sp³-hybridized carbons (Fsp3) is 0.300. The molecular formula is C20H22N4. The summed E-state index contributed by atoms with van der Waals surface area (Å²) in [4.78, 5) is 14.2. The zero-order valence-corrected chi connectivity index (χ0v) is 13.8. The van der Waals surface area contributed by atoms with E-state index in [2.05, 4.69) is 45.1 Å². The molecule has 122 valence electrons. The molecule has 0 saturated carbocycles. The SMILES string of the molecule is c1ccc(CCN2CCN(c3cnc4ccccc4n3)CC2)cc1. The van der Waals surface area contributed by atoms with Gasteiger partial charge in [-0.2, -0.15) is 0 Å². The van der Waals surface area contributed by atoms with E-state index in [4.69, 9.17) is 4.98 Å². The van der Waals surface area contributed by atoms with E-state index in [0.717, 1.165) is 56.0 Å². The first-order valence-corrected chi connectivity index (χ1v) is 8.61. The van der Waals surface area contributed by atoms with Gasteiger partial charge in [-0.05, 0) is 24.1 Å². The summed E-state index contributed by atoms with van der Waals surface area (Å²) >= 11 is 0. The average Bonchev–Trinajstić information content (AvgIpc) is 2.67. The molecule has 1 aromatic heterocycles. The van der Waals surface area contributed by atoms with Gasteiger partial charge in [0.2, 0.25) is 0 Å². The Morgan fingerprint density at radius 2 is 1.50 bits per heavy atom. The van der Waals surface area contributed by atoms with Crippen LogP contribution in [0.25, 0.3) is 11.0 Å². The minimum absolute atomic E-state index is 0.961. The highest BCUT2D eigenvalue weighted by Crippen LogP contribution is 2.17. The van der Waals surface area contributed by atoms with Crippen molar-refractivity contribution in [2.75, 3.05) is 37.6 Å². The third-order valence-electron chi connectivity index (χ3n) is 4.69. The Hall–Kier alpha value is -2.46. The highest BCUT2D eigenvalue weighted by Gasteiger charge is 2.18. The Bertz CT molecular complexity index is 795. The van der Waals surface area contributed by atoms with Crippen LogP contribution >= 0.6 is 0 Å². The predicted molar refractivity (Wildman–Crippen MR) is 98.3 cm³/mol. The van der Waals surface area contributed by atoms with Gasteiger partial charge in [-0.15, -0.1) is 0 Å². The van der Waals surface area contributed by atoms with E-state index in [1.54, 1.807) is 0 Å². The number of aromatic nitrogens is 2. The molecule has 0 bridgehead atoms. The highest BCUT2D eigenvalue weighted by molar-refractivity contribution is 5.75. The molecule has 0 unspecified atom stereocenters. The first kappa shape index (κ1) is 15.1. The van der Waals surface area contributed by atoms with Crippen molar-refractivity contribution in [2.45, 2.75) is 6.42 Å². The Morgan fingerprint density at radius 3 is 2.29 bits per heavy atom. The number of fused-ring (bicyclic) bond motifs is 1. The van der Waals surface area contributed by atoms with E-state index in [9.17, 15) is 0 Å². The largest absolute Gasteiger partial charge is 0.353 e. The number of piperazine rings is 1. The van der Waals surface area contributed by atoms with E-state index >= 15 is 0 Å². The van der Waals surface area contributed by atoms with Crippen LogP contribution in [0.2, 0.25) is 0 Å². The standard InChI is InChI=1S/C20H22N4/c1-2-6-17(7-3-1)10-11-23-12-14-24(15-13-23)20-16-21-18-8-4-5-9-19(18)22-20/h1-9,16H,10-15H2. The summed E-state index contributed by atoms with van der Waals surface area (Å²) in [5, 5.41) is 0. The van der Waals surface area contributed by atoms with Gasteiger partial charge in [-0.25, -0.2) is 4.98 Å². The van der Waals surface area contributed by atoms with Gasteiger partial charge >= 0.3 is 0 Å². The minimum atomic E-state index is 0.961. The fourth-order valence-corrected chi connectivity index (χ4v) is 3.23. The van der Waals surface area contributed by atoms with Crippen molar-refractivity contribution in [3.05, 3.63) is 66.4 Å². The van der Waals surface area contributed by atoms with Crippen LogP contribution in [0, 0.1) is 0 Å². The van der Waals surface area contributed by atoms with Gasteiger partial charge in [0.25, 0.3) is 0 Å². The van der Waals surface area contributed by atoms with Gasteiger partial charge in [0.05, 0.1) is 17.2 Å². The van der Waals surface area contributed by atoms with Crippen molar-refractivity contribution in [1.29, 1.82) is 0 Å². The van der Waals surface area contributed by atoms with Crippen molar-refractivity contribution < 1.29 is 0 Å². The monoisotopic (exact) mass is 318 g/mol. The predicted octanol–water partition coefficient (Wildman–Crippen LogP) is 2.99. The van der Waals surface area contributed by atoms with Gasteiger partial charge in [0.1, 0.15) is 5.82 Å². The molecule has 4 heteroatoms. The lowest BCUT2D eigenvalue weighted by Gasteiger charge is -2.35. The van der Waals surface area contributed by atoms with Crippen LogP contribution in [0.3, 0.4) is 0 Å². The summed E-state index contributed by atoms with van der Waals surface area (Å²) in [7, 11) is 0. The average molecular weight is 318 g/mol. The van der Waals surface area contributed by atoms with Crippen molar-refractivity contribution in [3.8, 4) is 0 Å². The number of anilines is 1. The van der Waals surface area contributed by atoms with E-state index in [1.807, 2.05) is 30.5 Å². The summed E-state index contributed by atoms with van der Waals surface area (Å²) in [5.74, 6) is 0.997. The van der Waals surface area contributed by atoms with Crippen LogP contribution in [0.5, 0.6) is 0 Å². The van der Waals surface area contributed by atoms with Crippen LogP contribution in [-0.2, 0) is 6.42 Å². The summed E-state index contributed by atoms with van der Waals surface area (Å²) in [6, 6.07) is 18.8. The van der Waals surface area contributed by atoms with Crippen LogP contribution in [0.4, 0.5) is 5.82 Å². The Kier molecular flexibility index (Phi) is 4.38. The maximum atomic E-state index is 4.76. The molecule has 0 spiro atoms. The van der Waals surface area contributed by atoms with Crippen molar-refractivity contribution >= 4 is 16.9 Å². The zero-order valence-electron chi connectivity index (χ0n) is 13.8. The molecule has 4 nitrogen and oxygen atoms in total. The topological polar surface area (TPSA) is 32.3 Å². The van der Waals surface area contributed by atoms with E-state index < -0.39 is 0 Å². The molecule has 1 fully saturated rings. The highest BCUT2D eigenvalue weighted by atomic mass is 15.3. The molecule has 1 aliphatic rings. The van der Waals surface area contributed by atoms with Gasteiger partial charge < -0.3 is 4.90 Å². The second kappa shape index (κ2) is 6.97. The van der Waals surface area contributed by atoms with Gasteiger partial charge in [0.15, 0.2) is 0 Å². The molecule has 0 N–H and O–H groups in total. The summed E-state index contributed by atoms with van der Waals surface area (Å²) in [6.45, 7) is 5.33. The number of nitrogens with zero attached hydrogens (tertiary/aromatic N) is 4. The minimum Gasteiger partial charge on any atom is -0.353 e. The second-order valence-corrected chi connectivity index (χ2v) is 6.28. The third kappa shape index (κ3) is 3.39. The van der Waals surface area contributed by atoms with Crippen LogP contribution in [0.15, 0.2) is 60.8 Å². The number of hydrogen-bond acceptors (Lipinski definition) is 4. The van der Waals surface area contributed by atoms with E-state index in [1.165, 1.54) is 5.56 Å². The molecule has 0 radical (unpaired) electrons. The Balaban J connectivity index is 1.35. The van der Waals surface area contributed by atoms with Crippen molar-refractivity contribution in [1.82, 2.24) is 14.9 Å². The lowest BCUT2D eigenvalue weighted by molar-refractivity contribution is 0.260. The maximum Gasteiger partial charge on any atom is 0.147 e. The lowest BCUT2D eigenvalue weighted by atomic mass is 10.1. The van der Waals surface area contributed by atoms with E-state index in [-0.39, 0.29) is 0 Å². The summed E-state index contributed by atoms with van der Waals surface area (Å²) in [5.41, 5.74) is 3.35. The molecule has 24 heavy (non-hydrogen) atoms. The Morgan fingerprint density at radius 1 is 0.792 bits per heavy atom. The molecule has 2 aromatic carbocycles. The number of benzene rings is 2. The summed E-state index contributed by atoms with van der Waals surface area (Å²) in [6.07, 6.45) is 3.03. The molecule has 0 amide bonds. The zero-order chi connectivity index (χ0) is 16.2. The first-order chi connectivity index (χ1) is 11.9. The maximum absolute atomic E-state index is 4.76. The van der Waals surface area contributed by atoms with Crippen molar-refractivity contribution in [2.24, 2.45) is 0 Å². The molecule has 1 saturated heterocycles. The van der Waals surface area contributed by atoms with Gasteiger partial charge in [-0.3, -0.25) is 9.88 Å². The molecule has 1 aliphatic heterocycles. The smallest absolute Gasteiger partial charge is 0.147 e. The van der Waals surface area contributed by atoms with Gasteiger partial charge in [0, 0.05) is 32.7 Å². The van der Waals surface area contributed by atoms with E-state index in [0.29, 0.717) is 0 Å². The quantitative estimate of drug-likeness (QED) is 0.740. The normalized spacial score (nSPS) is 15.8. The van der Waals surface area contributed by atoms with Crippen LogP contribution in [0.1, 0.15) is 5.56 Å². The second-order valence-electron chi connectivity index (χ2n) is 6.28. The summed E-state index contributed by atoms with van der Waals surface area (Å²) < 4.78 is 0. The molecular weight excluding hydrogens is 296 g/mol. The van der Waals surface area contributed by atoms with Gasteiger partial charge in [-0.1, -0.05) is 42.5 Å². The fourth-order valence-electron chi connectivity index (χ4n) is 3.23. The molecule has 2 heterocycles. The lowest BCUT2D eigenvalue weighted by Crippen LogP contribution is -2.47. The molecule has 3 aromatic rings. The first-order valence-electron chi connectivity index (χ1n) is 8.61. The number of para-hydroxylation sites is 2. The number of rotatable bonds is 4. The van der Waals surface area contributed by atoms with Crippen LogP contribution in [-0.4, -0.2) is 47.6 Å². The molecule has 0 atom stereocenters. The van der Waals surface area contributed by atoms with Crippen molar-refractivity contribution in [3.63, 3.8) is 0 Å². The van der Waals surface area contributed by atoms with Crippen LogP contribution < -0.4 is 4.90 Å².